The summed E-state index contributed by atoms with van der Waals surface area (Å²) >= 11 is 3.17. The number of piperidine rings is 4. The van der Waals surface area contributed by atoms with E-state index in [2.05, 4.69) is 98.0 Å². The fraction of sp³-hybridized carbons (Fsp3) is 0.524. The summed E-state index contributed by atoms with van der Waals surface area (Å²) < 4.78 is 0. The summed E-state index contributed by atoms with van der Waals surface area (Å²) in [6.45, 7) is 34.1. The van der Waals surface area contributed by atoms with E-state index in [0.717, 1.165) is 184 Å². The number of aliphatic hydroxyl groups excluding tert-OH is 2. The van der Waals surface area contributed by atoms with Crippen LogP contribution in [0, 0.1) is 24.7 Å². The number of β-amino-alcohol motifs (C(OH)–C–C–N with tert-alkyl or cyclic N) is 2. The lowest BCUT2D eigenvalue weighted by Gasteiger charge is -2.37. The molecule has 8 aliphatic heterocycles. The lowest BCUT2D eigenvalue weighted by atomic mass is 9.85. The molecular formula is C105H143N23O15S2. The number of amides is 13. The number of carbonyl (C=O) groups is 12. The Balaban J connectivity index is 0.000000170. The molecular weight excluding hydrogens is 1890 g/mol. The van der Waals surface area contributed by atoms with E-state index in [9.17, 15) is 63.0 Å². The van der Waals surface area contributed by atoms with Crippen molar-refractivity contribution < 1.29 is 72.9 Å². The van der Waals surface area contributed by atoms with Crippen molar-refractivity contribution in [1.29, 1.82) is 0 Å². The molecule has 10 atom stereocenters. The third-order valence-electron chi connectivity index (χ3n) is 27.8. The van der Waals surface area contributed by atoms with Crippen LogP contribution in [0.1, 0.15) is 237 Å². The van der Waals surface area contributed by atoms with Gasteiger partial charge in [-0.1, -0.05) is 126 Å². The first-order valence-corrected chi connectivity index (χ1v) is 51.7. The van der Waals surface area contributed by atoms with Gasteiger partial charge in [0.25, 0.3) is 17.8 Å². The standard InChI is InChI=1S/C27H36N8O3.C26H35N7O2.2C25H34N4O4S.C2H4O2/c1-18(36)33-12-9-20(10-13-33)19-5-7-21(8-6-19)30-26-24(25(28)37)29-16-23(31-26)34-11-3-4-22(17-34)35-15-14-32(2)27(35)38;1-31-13-14-33(26(31)35)21-3-2-12-32(17-21)23-16-29-24(25(27)34)22(30-23)15-18-4-6-19(7-5-18)20-8-10-28-11-9-20;2*1-14(17-7-9-18(10-8-17)21-15(2)26-13-34-21)27-23(32)20-11-19(31)12-29(20)24(33)22(25(4,5)6)28-16(3)30;1-2(3)4/h5-8,16,20,22H,3-4,9-15,17H2,1-2H3,(H2,28,37)(H,30,31);4-7,16,20-21,28H,2-3,8-15,17H2,1H3,(H2,27,34);2*7-10,13-14,19-20,22,31H,11-12H2,1-6H3,(H,27,32)(H,28,30);1H3,(H,3,4)/t22-;21-;2*14-,19+,20-,22+;/m1100./s1. The van der Waals surface area contributed by atoms with E-state index >= 15 is 0 Å². The second kappa shape index (κ2) is 49.6. The van der Waals surface area contributed by atoms with Crippen LogP contribution in [0.15, 0.2) is 120 Å². The van der Waals surface area contributed by atoms with Crippen LogP contribution in [-0.2, 0) is 44.8 Å². The summed E-state index contributed by atoms with van der Waals surface area (Å²) in [5.41, 5.74) is 25.1. The predicted molar refractivity (Wildman–Crippen MR) is 556 cm³/mol. The second-order valence-corrected chi connectivity index (χ2v) is 42.7. The first kappa shape index (κ1) is 111. The van der Waals surface area contributed by atoms with Crippen LogP contribution in [0.4, 0.5) is 32.7 Å². The SMILES string of the molecule is CC(=O)N1CCC(c2ccc(Nc3nc(N4CCC[C@@H](N5CCN(C)C5=O)C4)cnc3C(N)=O)cc2)CC1.CC(=O)N[C@H](C(=O)N1C[C@H](O)C[C@H]1C(=O)N[C@@H](C)c1ccc(-c2scnc2C)cc1)C(C)(C)C.CC(=O)N[C@H](C(=O)N1C[C@H](O)C[C@H]1C(=O)N[C@@H](C)c1ccc(-c2scnc2C)cc1)C(C)(C)C.CC(=O)O.CN1CCN([C@@H]2CCCN(c3cnc(C(N)=O)c(Cc4ccc(C5CCNCC5)cc4)n3)C2)C1=O. The Morgan fingerprint density at radius 3 is 1.29 bits per heavy atom. The number of aliphatic carboxylic acids is 1. The molecule has 0 aliphatic carbocycles. The number of urea groups is 2. The second-order valence-electron chi connectivity index (χ2n) is 41.0. The molecule has 0 spiro atoms. The molecule has 8 aliphatic rings. The highest BCUT2D eigenvalue weighted by molar-refractivity contribution is 7.13. The quantitative estimate of drug-likeness (QED) is 0.0268. The fourth-order valence-corrected chi connectivity index (χ4v) is 21.4. The maximum absolute atomic E-state index is 13.3. The van der Waals surface area contributed by atoms with Crippen LogP contribution in [0.2, 0.25) is 0 Å². The Morgan fingerprint density at radius 1 is 0.503 bits per heavy atom. The number of nitrogens with zero attached hydrogens (tertiary/aromatic N) is 15. The van der Waals surface area contributed by atoms with E-state index in [1.807, 2.05) is 170 Å². The summed E-state index contributed by atoms with van der Waals surface area (Å²) in [6.07, 6.45) is 10.5. The van der Waals surface area contributed by atoms with Gasteiger partial charge >= 0.3 is 12.1 Å². The summed E-state index contributed by atoms with van der Waals surface area (Å²) in [7, 11) is 3.68. The average Bonchev–Trinajstić information content (AvgIpc) is 1.55. The Labute approximate surface area is 856 Å². The minimum Gasteiger partial charge on any atom is -0.481 e. The number of hydrogen-bond donors (Lipinski definition) is 11. The van der Waals surface area contributed by atoms with E-state index in [1.165, 1.54) is 34.8 Å². The number of nitrogens with one attached hydrogen (secondary N) is 6. The normalized spacial score (nSPS) is 20.2. The highest BCUT2D eigenvalue weighted by atomic mass is 32.1. The van der Waals surface area contributed by atoms with Crippen molar-refractivity contribution in [3.05, 3.63) is 177 Å². The Morgan fingerprint density at radius 2 is 0.910 bits per heavy atom. The van der Waals surface area contributed by atoms with Crippen LogP contribution in [-0.4, -0.2) is 305 Å². The molecule has 0 unspecified atom stereocenters. The number of thiazole rings is 2. The predicted octanol–water partition coefficient (Wildman–Crippen LogP) is 10.1. The molecule has 12 heterocycles. The van der Waals surface area contributed by atoms with E-state index < -0.39 is 65.0 Å². The third-order valence-corrected chi connectivity index (χ3v) is 29.8. The molecule has 16 rings (SSSR count). The van der Waals surface area contributed by atoms with Gasteiger partial charge in [0.15, 0.2) is 11.5 Å². The molecule has 4 aromatic heterocycles. The Hall–Kier alpha value is -13.2. The molecule has 780 valence electrons. The monoisotopic (exact) mass is 2030 g/mol. The number of benzene rings is 4. The maximum atomic E-state index is 13.3. The van der Waals surface area contributed by atoms with Gasteiger partial charge < -0.3 is 103 Å². The number of likely N-dealkylation sites (tertiary alicyclic amines) is 3. The minimum atomic E-state index is -0.833. The van der Waals surface area contributed by atoms with Crippen molar-refractivity contribution in [2.24, 2.45) is 22.3 Å². The zero-order valence-electron chi connectivity index (χ0n) is 86.1. The van der Waals surface area contributed by atoms with Gasteiger partial charge in [-0.15, -0.1) is 22.7 Å². The van der Waals surface area contributed by atoms with Crippen LogP contribution in [0.3, 0.4) is 0 Å². The smallest absolute Gasteiger partial charge is 0.320 e. The number of aliphatic hydroxyl groups is 2. The number of carboxylic acids is 1. The van der Waals surface area contributed by atoms with E-state index in [-0.39, 0.29) is 115 Å². The molecule has 13 N–H and O–H groups in total. The fourth-order valence-electron chi connectivity index (χ4n) is 19.7. The number of hydrogen-bond acceptors (Lipinski definition) is 26. The highest BCUT2D eigenvalue weighted by Gasteiger charge is 2.48. The first-order valence-electron chi connectivity index (χ1n) is 49.9. The molecule has 8 saturated heterocycles. The van der Waals surface area contributed by atoms with Crippen molar-refractivity contribution in [3.63, 3.8) is 0 Å². The highest BCUT2D eigenvalue weighted by Crippen LogP contribution is 2.38. The molecule has 0 radical (unpaired) electrons. The summed E-state index contributed by atoms with van der Waals surface area (Å²) in [4.78, 5) is 192. The lowest BCUT2D eigenvalue weighted by Crippen LogP contribution is -2.57. The zero-order valence-corrected chi connectivity index (χ0v) is 87.7. The van der Waals surface area contributed by atoms with Crippen LogP contribution in [0.5, 0.6) is 0 Å². The molecule has 8 fully saturated rings. The summed E-state index contributed by atoms with van der Waals surface area (Å²) in [6, 6.07) is 29.3. The Kier molecular flexibility index (Phi) is 37.8. The largest absolute Gasteiger partial charge is 0.481 e. The number of rotatable bonds is 24. The van der Waals surface area contributed by atoms with Crippen molar-refractivity contribution in [1.82, 2.24) is 90.8 Å². The number of primary amides is 2. The zero-order chi connectivity index (χ0) is 105. The number of likely N-dealkylation sites (N-methyl/N-ethyl adjacent to an activating group) is 2. The number of anilines is 4. The topological polar surface area (TPSA) is 496 Å². The van der Waals surface area contributed by atoms with Gasteiger partial charge in [0.1, 0.15) is 41.5 Å². The Bertz CT molecular complexity index is 5690. The number of nitrogens with two attached hydrogens (primary N) is 2. The summed E-state index contributed by atoms with van der Waals surface area (Å²) in [5.74, 6) is -1.21. The maximum Gasteiger partial charge on any atom is 0.320 e. The van der Waals surface area contributed by atoms with Gasteiger partial charge in [-0.3, -0.25) is 47.9 Å². The molecule has 0 bridgehead atoms. The molecule has 4 aromatic carbocycles. The molecule has 145 heavy (non-hydrogen) atoms. The van der Waals surface area contributed by atoms with Gasteiger partial charge in [0.05, 0.1) is 86.6 Å². The number of aromatic nitrogens is 6. The van der Waals surface area contributed by atoms with E-state index in [1.54, 1.807) is 51.8 Å². The van der Waals surface area contributed by atoms with Gasteiger partial charge in [0.2, 0.25) is 41.4 Å². The van der Waals surface area contributed by atoms with Gasteiger partial charge in [-0.2, -0.15) is 0 Å². The van der Waals surface area contributed by atoms with Crippen molar-refractivity contribution in [3.8, 4) is 20.9 Å². The molecule has 0 saturated carbocycles. The third kappa shape index (κ3) is 29.2. The first-order chi connectivity index (χ1) is 68.8. The van der Waals surface area contributed by atoms with Gasteiger partial charge in [-0.25, -0.2) is 39.5 Å². The minimum absolute atomic E-state index is 0.0559. The van der Waals surface area contributed by atoms with Gasteiger partial charge in [0, 0.05) is 145 Å². The number of aryl methyl sites for hydroxylation is 2. The lowest BCUT2D eigenvalue weighted by molar-refractivity contribution is -0.144. The average molecular weight is 2030 g/mol. The van der Waals surface area contributed by atoms with Crippen molar-refractivity contribution in [2.75, 3.05) is 121 Å². The number of carboxylic acid groups (broad SMARTS) is 1. The summed E-state index contributed by atoms with van der Waals surface area (Å²) in [5, 5.41) is 46.0. The molecule has 13 amide bonds. The van der Waals surface area contributed by atoms with Crippen LogP contribution < -0.4 is 53.2 Å². The van der Waals surface area contributed by atoms with E-state index in [0.29, 0.717) is 48.7 Å². The van der Waals surface area contributed by atoms with Crippen LogP contribution >= 0.6 is 22.7 Å². The van der Waals surface area contributed by atoms with Crippen molar-refractivity contribution >= 4 is 117 Å². The molecule has 40 heteroatoms. The van der Waals surface area contributed by atoms with E-state index in [4.69, 9.17) is 31.3 Å². The van der Waals surface area contributed by atoms with Gasteiger partial charge in [-0.05, 0) is 166 Å². The molecule has 8 aromatic rings. The number of carbonyl (C=O) groups excluding carboxylic acids is 11. The molecule has 38 nitrogen and oxygen atoms in total. The van der Waals surface area contributed by atoms with Crippen LogP contribution in [0.25, 0.3) is 20.9 Å². The van der Waals surface area contributed by atoms with Crippen molar-refractivity contribution in [2.45, 2.75) is 240 Å².